The normalized spacial score (nSPS) is 11.5. The number of anilines is 1. The van der Waals surface area contributed by atoms with E-state index in [9.17, 15) is 8.42 Å². The van der Waals surface area contributed by atoms with Crippen molar-refractivity contribution in [3.63, 3.8) is 0 Å². The van der Waals surface area contributed by atoms with Crippen molar-refractivity contribution < 1.29 is 12.8 Å². The molecule has 0 aliphatic rings. The minimum atomic E-state index is -3.70. The van der Waals surface area contributed by atoms with Crippen LogP contribution in [0.2, 0.25) is 0 Å². The van der Waals surface area contributed by atoms with Crippen molar-refractivity contribution in [1.29, 1.82) is 0 Å². The van der Waals surface area contributed by atoms with E-state index in [1.54, 1.807) is 24.4 Å². The second kappa shape index (κ2) is 6.37. The first-order chi connectivity index (χ1) is 11.8. The molecule has 0 saturated heterocycles. The van der Waals surface area contributed by atoms with E-state index in [0.29, 0.717) is 16.3 Å². The maximum atomic E-state index is 13.0. The van der Waals surface area contributed by atoms with Crippen molar-refractivity contribution in [2.24, 2.45) is 0 Å². The molecule has 0 unspecified atom stereocenters. The zero-order chi connectivity index (χ0) is 18.2. The SMILES string of the molecule is Cc1cc(C)c(C)c(S(=O)(=O)Nc2cccc(-c3cnco3)c2)c1C. The molecule has 0 atom stereocenters. The maximum Gasteiger partial charge on any atom is 0.262 e. The van der Waals surface area contributed by atoms with E-state index >= 15 is 0 Å². The van der Waals surface area contributed by atoms with E-state index in [4.69, 9.17) is 4.42 Å². The van der Waals surface area contributed by atoms with Gasteiger partial charge in [0.25, 0.3) is 10.0 Å². The molecule has 0 aliphatic carbocycles. The van der Waals surface area contributed by atoms with Crippen molar-refractivity contribution in [2.75, 3.05) is 4.72 Å². The number of nitrogens with zero attached hydrogens (tertiary/aromatic N) is 1. The molecular weight excluding hydrogens is 336 g/mol. The summed E-state index contributed by atoms with van der Waals surface area (Å²) in [4.78, 5) is 4.23. The highest BCUT2D eigenvalue weighted by Gasteiger charge is 2.22. The Morgan fingerprint density at radius 1 is 1.00 bits per heavy atom. The van der Waals surface area contributed by atoms with Gasteiger partial charge < -0.3 is 4.42 Å². The molecule has 0 fully saturated rings. The highest BCUT2D eigenvalue weighted by molar-refractivity contribution is 7.92. The number of rotatable bonds is 4. The van der Waals surface area contributed by atoms with Gasteiger partial charge in [-0.3, -0.25) is 4.72 Å². The maximum absolute atomic E-state index is 13.0. The summed E-state index contributed by atoms with van der Waals surface area (Å²) in [5, 5.41) is 0. The quantitative estimate of drug-likeness (QED) is 0.753. The first-order valence-corrected chi connectivity index (χ1v) is 9.37. The summed E-state index contributed by atoms with van der Waals surface area (Å²) < 4.78 is 34.0. The first-order valence-electron chi connectivity index (χ1n) is 7.89. The van der Waals surface area contributed by atoms with Crippen LogP contribution in [-0.2, 0) is 10.0 Å². The summed E-state index contributed by atoms with van der Waals surface area (Å²) in [6, 6.07) is 9.06. The van der Waals surface area contributed by atoms with Gasteiger partial charge >= 0.3 is 0 Å². The predicted octanol–water partition coefficient (Wildman–Crippen LogP) is 4.38. The lowest BCUT2D eigenvalue weighted by Gasteiger charge is -2.17. The molecule has 0 saturated carbocycles. The lowest BCUT2D eigenvalue weighted by atomic mass is 10.0. The molecule has 6 heteroatoms. The molecule has 25 heavy (non-hydrogen) atoms. The largest absolute Gasteiger partial charge is 0.444 e. The average Bonchev–Trinajstić information content (AvgIpc) is 3.07. The van der Waals surface area contributed by atoms with Crippen LogP contribution >= 0.6 is 0 Å². The molecule has 3 aromatic rings. The smallest absolute Gasteiger partial charge is 0.262 e. The minimum Gasteiger partial charge on any atom is -0.444 e. The van der Waals surface area contributed by atoms with Gasteiger partial charge in [0.15, 0.2) is 12.2 Å². The van der Waals surface area contributed by atoms with Crippen LogP contribution in [0.15, 0.2) is 52.2 Å². The Kier molecular flexibility index (Phi) is 4.39. The fraction of sp³-hybridized carbons (Fsp3) is 0.211. The van der Waals surface area contributed by atoms with E-state index in [1.165, 1.54) is 6.39 Å². The summed E-state index contributed by atoms with van der Waals surface area (Å²) in [6.07, 6.45) is 2.93. The molecule has 2 aromatic carbocycles. The molecule has 1 heterocycles. The summed E-state index contributed by atoms with van der Waals surface area (Å²) in [6.45, 7) is 7.51. The molecule has 1 aromatic heterocycles. The second-order valence-electron chi connectivity index (χ2n) is 6.14. The summed E-state index contributed by atoms with van der Waals surface area (Å²) >= 11 is 0. The van der Waals surface area contributed by atoms with E-state index in [-0.39, 0.29) is 0 Å². The van der Waals surface area contributed by atoms with Gasteiger partial charge in [-0.1, -0.05) is 18.2 Å². The minimum absolute atomic E-state index is 0.343. The lowest BCUT2D eigenvalue weighted by molar-refractivity contribution is 0.572. The van der Waals surface area contributed by atoms with E-state index < -0.39 is 10.0 Å². The third kappa shape index (κ3) is 3.30. The van der Waals surface area contributed by atoms with Crippen LogP contribution < -0.4 is 4.72 Å². The number of aromatic nitrogens is 1. The van der Waals surface area contributed by atoms with Crippen LogP contribution in [0.1, 0.15) is 22.3 Å². The lowest BCUT2D eigenvalue weighted by Crippen LogP contribution is -2.17. The Labute approximate surface area is 147 Å². The average molecular weight is 356 g/mol. The Balaban J connectivity index is 2.03. The van der Waals surface area contributed by atoms with Crippen LogP contribution in [0.3, 0.4) is 0 Å². The monoisotopic (exact) mass is 356 g/mol. The molecule has 130 valence electrons. The van der Waals surface area contributed by atoms with Gasteiger partial charge in [-0.15, -0.1) is 0 Å². The summed E-state index contributed by atoms with van der Waals surface area (Å²) in [7, 11) is -3.70. The van der Waals surface area contributed by atoms with E-state index in [2.05, 4.69) is 9.71 Å². The van der Waals surface area contributed by atoms with Crippen LogP contribution in [0.4, 0.5) is 5.69 Å². The number of oxazole rings is 1. The number of aryl methyl sites for hydroxylation is 2. The Hall–Kier alpha value is -2.60. The fourth-order valence-electron chi connectivity index (χ4n) is 2.88. The van der Waals surface area contributed by atoms with Crippen molar-refractivity contribution in [3.05, 3.63) is 65.2 Å². The highest BCUT2D eigenvalue weighted by Crippen LogP contribution is 2.29. The van der Waals surface area contributed by atoms with Crippen molar-refractivity contribution in [3.8, 4) is 11.3 Å². The van der Waals surface area contributed by atoms with Crippen LogP contribution in [-0.4, -0.2) is 13.4 Å². The molecular formula is C19H20N2O3S. The standard InChI is InChI=1S/C19H20N2O3S/c1-12-8-13(2)15(4)19(14(12)3)25(22,23)21-17-7-5-6-16(9-17)18-10-20-11-24-18/h5-11,21H,1-4H3. The van der Waals surface area contributed by atoms with Crippen molar-refractivity contribution in [2.45, 2.75) is 32.6 Å². The third-order valence-electron chi connectivity index (χ3n) is 4.40. The number of hydrogen-bond donors (Lipinski definition) is 1. The molecule has 0 spiro atoms. The van der Waals surface area contributed by atoms with E-state index in [1.807, 2.05) is 39.8 Å². The van der Waals surface area contributed by atoms with Crippen LogP contribution in [0.25, 0.3) is 11.3 Å². The number of hydrogen-bond acceptors (Lipinski definition) is 4. The molecule has 0 amide bonds. The second-order valence-corrected chi connectivity index (χ2v) is 7.76. The van der Waals surface area contributed by atoms with Crippen molar-refractivity contribution >= 4 is 15.7 Å². The van der Waals surface area contributed by atoms with Crippen LogP contribution in [0, 0.1) is 27.7 Å². The van der Waals surface area contributed by atoms with Gasteiger partial charge in [-0.25, -0.2) is 13.4 Å². The molecule has 0 bridgehead atoms. The Morgan fingerprint density at radius 3 is 2.28 bits per heavy atom. The number of nitrogens with one attached hydrogen (secondary N) is 1. The summed E-state index contributed by atoms with van der Waals surface area (Å²) in [5.74, 6) is 0.583. The van der Waals surface area contributed by atoms with Crippen LogP contribution in [0.5, 0.6) is 0 Å². The van der Waals surface area contributed by atoms with Gasteiger partial charge in [-0.2, -0.15) is 0 Å². The molecule has 3 rings (SSSR count). The van der Waals surface area contributed by atoms with Crippen molar-refractivity contribution in [1.82, 2.24) is 4.98 Å². The third-order valence-corrected chi connectivity index (χ3v) is 6.05. The van der Waals surface area contributed by atoms with E-state index in [0.717, 1.165) is 27.8 Å². The number of benzene rings is 2. The Morgan fingerprint density at radius 2 is 1.68 bits per heavy atom. The Bertz CT molecular complexity index is 997. The zero-order valence-corrected chi connectivity index (χ0v) is 15.4. The first kappa shape index (κ1) is 17.2. The van der Waals surface area contributed by atoms with Gasteiger partial charge in [0.05, 0.1) is 11.1 Å². The van der Waals surface area contributed by atoms with Gasteiger partial charge in [0, 0.05) is 11.3 Å². The highest BCUT2D eigenvalue weighted by atomic mass is 32.2. The van der Waals surface area contributed by atoms with Gasteiger partial charge in [0.1, 0.15) is 0 Å². The predicted molar refractivity (Wildman–Crippen MR) is 98.1 cm³/mol. The molecule has 0 aliphatic heterocycles. The molecule has 1 N–H and O–H groups in total. The number of sulfonamides is 1. The topological polar surface area (TPSA) is 72.2 Å². The van der Waals surface area contributed by atoms with Gasteiger partial charge in [0.2, 0.25) is 0 Å². The molecule has 5 nitrogen and oxygen atoms in total. The van der Waals surface area contributed by atoms with Gasteiger partial charge in [-0.05, 0) is 62.1 Å². The fourth-order valence-corrected chi connectivity index (χ4v) is 4.55. The molecule has 0 radical (unpaired) electrons. The summed E-state index contributed by atoms with van der Waals surface area (Å²) in [5.41, 5.74) is 4.68. The zero-order valence-electron chi connectivity index (χ0n) is 14.6.